The Morgan fingerprint density at radius 2 is 2.04 bits per heavy atom. The number of anilines is 1. The van der Waals surface area contributed by atoms with E-state index in [1.54, 1.807) is 6.20 Å². The second kappa shape index (κ2) is 8.05. The number of hydrogen-bond donors (Lipinski definition) is 3. The SMILES string of the molecule is CCn1cc(NC(=O)[C@H]2[C@H](C(=O)O)[C@H]3CC[C@H]2O3)c(C(=O)NCCOC)n1. The molecule has 0 radical (unpaired) electrons. The molecule has 1 aromatic rings. The molecule has 3 heterocycles. The summed E-state index contributed by atoms with van der Waals surface area (Å²) >= 11 is 0. The van der Waals surface area contributed by atoms with Crippen LogP contribution in [0.5, 0.6) is 0 Å². The van der Waals surface area contributed by atoms with E-state index in [2.05, 4.69) is 15.7 Å². The zero-order chi connectivity index (χ0) is 19.6. The fraction of sp³-hybridized carbons (Fsp3) is 0.647. The number of amides is 2. The fourth-order valence-electron chi connectivity index (χ4n) is 3.73. The predicted octanol–water partition coefficient (Wildman–Crippen LogP) is 0.0959. The molecule has 148 valence electrons. The van der Waals surface area contributed by atoms with Crippen LogP contribution in [0.4, 0.5) is 5.69 Å². The van der Waals surface area contributed by atoms with Gasteiger partial charge in [-0.2, -0.15) is 5.10 Å². The minimum atomic E-state index is -1.04. The van der Waals surface area contributed by atoms with Gasteiger partial charge in [0.05, 0.1) is 36.3 Å². The summed E-state index contributed by atoms with van der Waals surface area (Å²) in [5, 5.41) is 19.0. The fourth-order valence-corrected chi connectivity index (χ4v) is 3.73. The van der Waals surface area contributed by atoms with Crippen molar-refractivity contribution in [3.05, 3.63) is 11.9 Å². The average Bonchev–Trinajstić information content (AvgIpc) is 3.35. The third-order valence-electron chi connectivity index (χ3n) is 5.01. The highest BCUT2D eigenvalue weighted by molar-refractivity contribution is 6.03. The molecular formula is C17H24N4O6. The Bertz CT molecular complexity index is 733. The molecule has 0 saturated carbocycles. The molecular weight excluding hydrogens is 356 g/mol. The van der Waals surface area contributed by atoms with E-state index < -0.39 is 41.8 Å². The van der Waals surface area contributed by atoms with Crippen LogP contribution in [0.25, 0.3) is 0 Å². The Balaban J connectivity index is 1.76. The first-order valence-corrected chi connectivity index (χ1v) is 9.00. The molecule has 0 aromatic carbocycles. The Morgan fingerprint density at radius 3 is 2.67 bits per heavy atom. The first kappa shape index (κ1) is 19.3. The van der Waals surface area contributed by atoms with Crippen LogP contribution in [0.15, 0.2) is 6.20 Å². The number of carboxylic acids is 1. The number of aromatic nitrogens is 2. The van der Waals surface area contributed by atoms with Crippen LogP contribution >= 0.6 is 0 Å². The van der Waals surface area contributed by atoms with E-state index in [1.165, 1.54) is 11.8 Å². The summed E-state index contributed by atoms with van der Waals surface area (Å²) in [5.74, 6) is -3.59. The van der Waals surface area contributed by atoms with E-state index in [9.17, 15) is 19.5 Å². The third kappa shape index (κ3) is 3.81. The Morgan fingerprint density at radius 1 is 1.33 bits per heavy atom. The second-order valence-electron chi connectivity index (χ2n) is 6.67. The lowest BCUT2D eigenvalue weighted by Gasteiger charge is -2.23. The molecule has 4 atom stereocenters. The van der Waals surface area contributed by atoms with Crippen LogP contribution in [0, 0.1) is 11.8 Å². The summed E-state index contributed by atoms with van der Waals surface area (Å²) in [6, 6.07) is 0. The van der Waals surface area contributed by atoms with Crippen LogP contribution in [0.1, 0.15) is 30.3 Å². The number of ether oxygens (including phenoxy) is 2. The molecule has 3 rings (SSSR count). The number of hydrogen-bond acceptors (Lipinski definition) is 6. The molecule has 1 aromatic heterocycles. The molecule has 0 aliphatic carbocycles. The van der Waals surface area contributed by atoms with Gasteiger partial charge >= 0.3 is 5.97 Å². The molecule has 0 unspecified atom stereocenters. The van der Waals surface area contributed by atoms with Crippen molar-refractivity contribution in [3.8, 4) is 0 Å². The normalized spacial score (nSPS) is 26.1. The molecule has 0 spiro atoms. The van der Waals surface area contributed by atoms with Crippen LogP contribution in [-0.4, -0.2) is 65.1 Å². The second-order valence-corrected chi connectivity index (χ2v) is 6.67. The predicted molar refractivity (Wildman–Crippen MR) is 93.3 cm³/mol. The average molecular weight is 380 g/mol. The van der Waals surface area contributed by atoms with E-state index in [1.807, 2.05) is 6.92 Å². The van der Waals surface area contributed by atoms with Crippen molar-refractivity contribution >= 4 is 23.5 Å². The third-order valence-corrected chi connectivity index (χ3v) is 5.01. The number of rotatable bonds is 8. The first-order valence-electron chi connectivity index (χ1n) is 9.00. The lowest BCUT2D eigenvalue weighted by molar-refractivity contribution is -0.147. The van der Waals surface area contributed by atoms with E-state index in [0.29, 0.717) is 32.5 Å². The summed E-state index contributed by atoms with van der Waals surface area (Å²) in [4.78, 5) is 36.7. The maximum absolute atomic E-state index is 12.8. The first-order chi connectivity index (χ1) is 13.0. The van der Waals surface area contributed by atoms with Crippen molar-refractivity contribution in [1.82, 2.24) is 15.1 Å². The number of carbonyl (C=O) groups excluding carboxylic acids is 2. The Kier molecular flexibility index (Phi) is 5.76. The van der Waals surface area contributed by atoms with E-state index in [0.717, 1.165) is 0 Å². The quantitative estimate of drug-likeness (QED) is 0.545. The van der Waals surface area contributed by atoms with Crippen LogP contribution in [-0.2, 0) is 25.6 Å². The van der Waals surface area contributed by atoms with Crippen molar-refractivity contribution in [2.45, 2.75) is 38.5 Å². The van der Waals surface area contributed by atoms with Gasteiger partial charge in [-0.05, 0) is 19.8 Å². The van der Waals surface area contributed by atoms with Crippen molar-refractivity contribution in [3.63, 3.8) is 0 Å². The number of methoxy groups -OCH3 is 1. The zero-order valence-electron chi connectivity index (χ0n) is 15.3. The van der Waals surface area contributed by atoms with Crippen molar-refractivity contribution in [1.29, 1.82) is 0 Å². The maximum atomic E-state index is 12.8. The lowest BCUT2D eigenvalue weighted by atomic mass is 9.78. The standard InChI is InChI=1S/C17H24N4O6/c1-3-21-8-9(14(20-21)16(23)18-6-7-26-2)19-15(22)12-10-4-5-11(27-10)13(12)17(24)25/h8,10-13H,3-7H2,1-2H3,(H,18,23)(H,19,22)(H,24,25)/t10-,11-,12-,13-/m1/s1. The van der Waals surface area contributed by atoms with Crippen molar-refractivity contribution < 1.29 is 29.0 Å². The number of carbonyl (C=O) groups is 3. The Hall–Kier alpha value is -2.46. The van der Waals surface area contributed by atoms with Gasteiger partial charge in [0.15, 0.2) is 5.69 Å². The van der Waals surface area contributed by atoms with Gasteiger partial charge in [0, 0.05) is 26.4 Å². The number of fused-ring (bicyclic) bond motifs is 2. The largest absolute Gasteiger partial charge is 0.481 e. The van der Waals surface area contributed by atoms with Crippen molar-refractivity contribution in [2.24, 2.45) is 11.8 Å². The summed E-state index contributed by atoms with van der Waals surface area (Å²) in [6.45, 7) is 3.03. The van der Waals surface area contributed by atoms with E-state index >= 15 is 0 Å². The topological polar surface area (TPSA) is 132 Å². The highest BCUT2D eigenvalue weighted by Gasteiger charge is 2.55. The molecule has 2 saturated heterocycles. The Labute approximate surface area is 156 Å². The number of aryl methyl sites for hydroxylation is 1. The van der Waals surface area contributed by atoms with Gasteiger partial charge in [-0.25, -0.2) is 0 Å². The summed E-state index contributed by atoms with van der Waals surface area (Å²) in [7, 11) is 1.53. The van der Waals surface area contributed by atoms with Gasteiger partial charge in [0.25, 0.3) is 5.91 Å². The van der Waals surface area contributed by atoms with Gasteiger partial charge in [0.1, 0.15) is 0 Å². The highest BCUT2D eigenvalue weighted by atomic mass is 16.5. The number of nitrogens with zero attached hydrogens (tertiary/aromatic N) is 2. The van der Waals surface area contributed by atoms with Gasteiger partial charge < -0.3 is 25.2 Å². The molecule has 10 heteroatoms. The van der Waals surface area contributed by atoms with Crippen LogP contribution < -0.4 is 10.6 Å². The maximum Gasteiger partial charge on any atom is 0.310 e. The molecule has 2 fully saturated rings. The van der Waals surface area contributed by atoms with Crippen molar-refractivity contribution in [2.75, 3.05) is 25.6 Å². The molecule has 27 heavy (non-hydrogen) atoms. The number of carboxylic acid groups (broad SMARTS) is 1. The van der Waals surface area contributed by atoms with Gasteiger partial charge in [0.2, 0.25) is 5.91 Å². The minimum absolute atomic E-state index is 0.0808. The zero-order valence-corrected chi connectivity index (χ0v) is 15.3. The minimum Gasteiger partial charge on any atom is -0.481 e. The van der Waals surface area contributed by atoms with Gasteiger partial charge in [-0.3, -0.25) is 19.1 Å². The monoisotopic (exact) mass is 380 g/mol. The molecule has 2 aliphatic heterocycles. The molecule has 2 aliphatic rings. The molecule has 2 bridgehead atoms. The number of aliphatic carboxylic acids is 1. The highest BCUT2D eigenvalue weighted by Crippen LogP contribution is 2.44. The van der Waals surface area contributed by atoms with Gasteiger partial charge in [-0.15, -0.1) is 0 Å². The summed E-state index contributed by atoms with van der Waals surface area (Å²) < 4.78 is 12.1. The van der Waals surface area contributed by atoms with E-state index in [4.69, 9.17) is 9.47 Å². The molecule has 10 nitrogen and oxygen atoms in total. The number of nitrogens with one attached hydrogen (secondary N) is 2. The molecule has 2 amide bonds. The lowest BCUT2D eigenvalue weighted by Crippen LogP contribution is -2.41. The molecule has 3 N–H and O–H groups in total. The summed E-state index contributed by atoms with van der Waals surface area (Å²) in [5.41, 5.74) is 0.334. The summed E-state index contributed by atoms with van der Waals surface area (Å²) in [6.07, 6.45) is 2.03. The van der Waals surface area contributed by atoms with E-state index in [-0.39, 0.29) is 11.4 Å². The van der Waals surface area contributed by atoms with Gasteiger partial charge in [-0.1, -0.05) is 0 Å². The van der Waals surface area contributed by atoms with Crippen LogP contribution in [0.2, 0.25) is 0 Å². The smallest absolute Gasteiger partial charge is 0.310 e. The van der Waals surface area contributed by atoms with Crippen LogP contribution in [0.3, 0.4) is 0 Å².